The van der Waals surface area contributed by atoms with Crippen LogP contribution in [0.1, 0.15) is 19.3 Å². The summed E-state index contributed by atoms with van der Waals surface area (Å²) in [4.78, 5) is 0.112. The molecule has 0 aliphatic carbocycles. The number of benzene rings is 1. The maximum Gasteiger partial charge on any atom is 0.240 e. The van der Waals surface area contributed by atoms with Crippen LogP contribution in [0.3, 0.4) is 0 Å². The van der Waals surface area contributed by atoms with Crippen molar-refractivity contribution in [2.75, 3.05) is 13.1 Å². The maximum atomic E-state index is 12.8. The normalized spacial score (nSPS) is 21.5. The van der Waals surface area contributed by atoms with Gasteiger partial charge >= 0.3 is 0 Å². The third-order valence-corrected chi connectivity index (χ3v) is 4.56. The summed E-state index contributed by atoms with van der Waals surface area (Å²) in [6.07, 6.45) is 2.56. The second-order valence-corrected chi connectivity index (χ2v) is 6.17. The van der Waals surface area contributed by atoms with E-state index in [0.717, 1.165) is 44.5 Å². The van der Waals surface area contributed by atoms with E-state index in [-0.39, 0.29) is 10.9 Å². The summed E-state index contributed by atoms with van der Waals surface area (Å²) >= 11 is 0. The second kappa shape index (κ2) is 5.77. The average Bonchev–Trinajstić information content (AvgIpc) is 2.57. The smallest absolute Gasteiger partial charge is 0.240 e. The molecule has 1 saturated heterocycles. The van der Waals surface area contributed by atoms with Gasteiger partial charge in [-0.2, -0.15) is 0 Å². The number of halogens is 1. The topological polar surface area (TPSA) is 58.2 Å². The Bertz CT molecular complexity index is 479. The van der Waals surface area contributed by atoms with Gasteiger partial charge in [-0.05, 0) is 56.6 Å². The van der Waals surface area contributed by atoms with E-state index in [4.69, 9.17) is 0 Å². The highest BCUT2D eigenvalue weighted by Crippen LogP contribution is 2.13. The van der Waals surface area contributed by atoms with Gasteiger partial charge in [0, 0.05) is 6.04 Å². The van der Waals surface area contributed by atoms with Gasteiger partial charge in [-0.15, -0.1) is 0 Å². The largest absolute Gasteiger partial charge is 0.317 e. The molecule has 1 atom stereocenters. The molecule has 0 bridgehead atoms. The molecule has 0 amide bonds. The quantitative estimate of drug-likeness (QED) is 0.870. The molecule has 100 valence electrons. The second-order valence-electron chi connectivity index (χ2n) is 4.45. The molecule has 1 heterocycles. The lowest BCUT2D eigenvalue weighted by molar-refractivity contribution is 0.518. The molecule has 2 N–H and O–H groups in total. The fraction of sp³-hybridized carbons (Fsp3) is 0.500. The van der Waals surface area contributed by atoms with Crippen LogP contribution in [-0.2, 0) is 10.0 Å². The monoisotopic (exact) mass is 272 g/mol. The maximum absolute atomic E-state index is 12.8. The molecule has 0 aromatic heterocycles. The van der Waals surface area contributed by atoms with Gasteiger partial charge in [-0.1, -0.05) is 0 Å². The molecule has 1 unspecified atom stereocenters. The molecule has 2 rings (SSSR count). The van der Waals surface area contributed by atoms with Crippen molar-refractivity contribution >= 4 is 10.0 Å². The fourth-order valence-corrected chi connectivity index (χ4v) is 3.34. The van der Waals surface area contributed by atoms with Gasteiger partial charge in [0.15, 0.2) is 0 Å². The van der Waals surface area contributed by atoms with E-state index in [1.54, 1.807) is 0 Å². The number of nitrogens with one attached hydrogen (secondary N) is 2. The Morgan fingerprint density at radius 2 is 1.89 bits per heavy atom. The summed E-state index contributed by atoms with van der Waals surface area (Å²) in [6.45, 7) is 1.74. The van der Waals surface area contributed by atoms with Crippen molar-refractivity contribution in [3.05, 3.63) is 30.1 Å². The summed E-state index contributed by atoms with van der Waals surface area (Å²) in [5, 5.41) is 3.23. The van der Waals surface area contributed by atoms with E-state index in [1.807, 2.05) is 0 Å². The predicted octanol–water partition coefficient (Wildman–Crippen LogP) is 1.25. The number of rotatable bonds is 3. The lowest BCUT2D eigenvalue weighted by Crippen LogP contribution is -2.35. The number of sulfonamides is 1. The van der Waals surface area contributed by atoms with Gasteiger partial charge < -0.3 is 5.32 Å². The van der Waals surface area contributed by atoms with Crippen molar-refractivity contribution in [2.45, 2.75) is 30.2 Å². The highest BCUT2D eigenvalue weighted by atomic mass is 32.2. The molecule has 0 saturated carbocycles. The minimum Gasteiger partial charge on any atom is -0.317 e. The molecule has 1 aromatic rings. The summed E-state index contributed by atoms with van der Waals surface area (Å²) in [6, 6.07) is 4.83. The van der Waals surface area contributed by atoms with Crippen molar-refractivity contribution in [3.8, 4) is 0 Å². The first-order valence-electron chi connectivity index (χ1n) is 6.06. The van der Waals surface area contributed by atoms with Gasteiger partial charge in [-0.25, -0.2) is 17.5 Å². The lowest BCUT2D eigenvalue weighted by Gasteiger charge is -2.16. The Morgan fingerprint density at radius 1 is 1.17 bits per heavy atom. The zero-order valence-corrected chi connectivity index (χ0v) is 10.8. The van der Waals surface area contributed by atoms with Crippen LogP contribution in [0.4, 0.5) is 4.39 Å². The van der Waals surface area contributed by atoms with Crippen molar-refractivity contribution in [1.82, 2.24) is 10.0 Å². The molecule has 1 fully saturated rings. The number of hydrogen-bond acceptors (Lipinski definition) is 3. The Morgan fingerprint density at radius 3 is 2.61 bits per heavy atom. The Hall–Kier alpha value is -0.980. The van der Waals surface area contributed by atoms with Crippen LogP contribution in [0, 0.1) is 5.82 Å². The van der Waals surface area contributed by atoms with Gasteiger partial charge in [0.05, 0.1) is 4.90 Å². The SMILES string of the molecule is O=S(=O)(NC1CCCNCC1)c1ccc(F)cc1. The summed E-state index contributed by atoms with van der Waals surface area (Å²) in [7, 11) is -3.54. The lowest BCUT2D eigenvalue weighted by atomic mass is 10.1. The molecule has 0 radical (unpaired) electrons. The zero-order valence-electron chi connectivity index (χ0n) is 10.0. The molecular weight excluding hydrogens is 255 g/mol. The average molecular weight is 272 g/mol. The third-order valence-electron chi connectivity index (χ3n) is 3.02. The van der Waals surface area contributed by atoms with E-state index in [1.165, 1.54) is 12.1 Å². The van der Waals surface area contributed by atoms with Crippen LogP contribution < -0.4 is 10.0 Å². The van der Waals surface area contributed by atoms with Crippen molar-refractivity contribution < 1.29 is 12.8 Å². The van der Waals surface area contributed by atoms with Crippen molar-refractivity contribution in [2.24, 2.45) is 0 Å². The van der Waals surface area contributed by atoms with E-state index >= 15 is 0 Å². The Kier molecular flexibility index (Phi) is 4.31. The summed E-state index contributed by atoms with van der Waals surface area (Å²) < 4.78 is 39.6. The van der Waals surface area contributed by atoms with E-state index < -0.39 is 15.8 Å². The third kappa shape index (κ3) is 3.51. The van der Waals surface area contributed by atoms with Gasteiger partial charge in [0.1, 0.15) is 5.82 Å². The first kappa shape index (κ1) is 13.5. The van der Waals surface area contributed by atoms with Crippen molar-refractivity contribution in [3.63, 3.8) is 0 Å². The van der Waals surface area contributed by atoms with Gasteiger partial charge in [0.25, 0.3) is 0 Å². The van der Waals surface area contributed by atoms with Crippen molar-refractivity contribution in [1.29, 1.82) is 0 Å². The highest BCUT2D eigenvalue weighted by Gasteiger charge is 2.20. The van der Waals surface area contributed by atoms with Crippen LogP contribution >= 0.6 is 0 Å². The summed E-state index contributed by atoms with van der Waals surface area (Å²) in [5.41, 5.74) is 0. The minimum absolute atomic E-state index is 0.0462. The highest BCUT2D eigenvalue weighted by molar-refractivity contribution is 7.89. The van der Waals surface area contributed by atoms with Crippen LogP contribution in [0.25, 0.3) is 0 Å². The molecule has 6 heteroatoms. The molecule has 1 aliphatic rings. The van der Waals surface area contributed by atoms with Crippen LogP contribution in [0.2, 0.25) is 0 Å². The zero-order chi connectivity index (χ0) is 13.0. The van der Waals surface area contributed by atoms with Crippen LogP contribution in [0.5, 0.6) is 0 Å². The Labute approximate surface area is 107 Å². The predicted molar refractivity (Wildman–Crippen MR) is 67.2 cm³/mol. The summed E-state index contributed by atoms with van der Waals surface area (Å²) in [5.74, 6) is -0.437. The molecular formula is C12H17FN2O2S. The van der Waals surface area contributed by atoms with Gasteiger partial charge in [-0.3, -0.25) is 0 Å². The van der Waals surface area contributed by atoms with Crippen LogP contribution in [0.15, 0.2) is 29.2 Å². The first-order valence-corrected chi connectivity index (χ1v) is 7.55. The molecule has 4 nitrogen and oxygen atoms in total. The number of hydrogen-bond donors (Lipinski definition) is 2. The first-order chi connectivity index (χ1) is 8.58. The Balaban J connectivity index is 2.08. The van der Waals surface area contributed by atoms with E-state index in [9.17, 15) is 12.8 Å². The van der Waals surface area contributed by atoms with E-state index in [0.29, 0.717) is 0 Å². The molecule has 1 aromatic carbocycles. The van der Waals surface area contributed by atoms with Crippen LogP contribution in [-0.4, -0.2) is 27.5 Å². The molecule has 18 heavy (non-hydrogen) atoms. The van der Waals surface area contributed by atoms with E-state index in [2.05, 4.69) is 10.0 Å². The minimum atomic E-state index is -3.54. The molecule has 1 aliphatic heterocycles. The standard InChI is InChI=1S/C12H17FN2O2S/c13-10-3-5-12(6-4-10)18(16,17)15-11-2-1-8-14-9-7-11/h3-6,11,14-15H,1-2,7-9H2. The fourth-order valence-electron chi connectivity index (χ4n) is 2.04. The van der Waals surface area contributed by atoms with Gasteiger partial charge in [0.2, 0.25) is 10.0 Å². The molecule has 0 spiro atoms.